The van der Waals surface area contributed by atoms with Crippen LogP contribution in [0, 0.1) is 0 Å². The van der Waals surface area contributed by atoms with Crippen LogP contribution >= 0.6 is 27.3 Å². The zero-order chi connectivity index (χ0) is 21.8. The second-order valence-corrected chi connectivity index (χ2v) is 9.17. The summed E-state index contributed by atoms with van der Waals surface area (Å²) in [4.78, 5) is 14.2. The van der Waals surface area contributed by atoms with Crippen LogP contribution in [0.3, 0.4) is 0 Å². The van der Waals surface area contributed by atoms with Crippen molar-refractivity contribution in [1.82, 2.24) is 15.1 Å². The van der Waals surface area contributed by atoms with Gasteiger partial charge in [-0.2, -0.15) is 5.10 Å². The number of hydrogen-bond acceptors (Lipinski definition) is 5. The summed E-state index contributed by atoms with van der Waals surface area (Å²) in [7, 11) is 3.19. The highest BCUT2D eigenvalue weighted by molar-refractivity contribution is 9.11. The number of aromatic nitrogens is 2. The summed E-state index contributed by atoms with van der Waals surface area (Å²) in [6.45, 7) is 0.431. The fraction of sp³-hybridized carbons (Fsp3) is 0.130. The molecule has 4 aromatic rings. The van der Waals surface area contributed by atoms with Gasteiger partial charge in [0.05, 0.1) is 35.8 Å². The van der Waals surface area contributed by atoms with Crippen LogP contribution in [0.2, 0.25) is 0 Å². The van der Waals surface area contributed by atoms with Gasteiger partial charge < -0.3 is 14.8 Å². The topological polar surface area (TPSA) is 65.4 Å². The van der Waals surface area contributed by atoms with Crippen LogP contribution in [-0.2, 0) is 6.54 Å². The minimum Gasteiger partial charge on any atom is -0.497 e. The number of methoxy groups -OCH3 is 2. The van der Waals surface area contributed by atoms with Gasteiger partial charge in [-0.25, -0.2) is 4.68 Å². The predicted octanol–water partition coefficient (Wildman–Crippen LogP) is 5.31. The maximum absolute atomic E-state index is 13.2. The van der Waals surface area contributed by atoms with Crippen LogP contribution in [0.15, 0.2) is 70.6 Å². The van der Waals surface area contributed by atoms with Crippen LogP contribution < -0.4 is 14.8 Å². The summed E-state index contributed by atoms with van der Waals surface area (Å²) in [5.74, 6) is 1.04. The number of amides is 1. The normalized spacial score (nSPS) is 10.7. The van der Waals surface area contributed by atoms with Crippen molar-refractivity contribution < 1.29 is 14.3 Å². The van der Waals surface area contributed by atoms with Crippen molar-refractivity contribution in [3.05, 3.63) is 81.1 Å². The molecule has 2 heterocycles. The van der Waals surface area contributed by atoms with E-state index in [1.807, 2.05) is 54.6 Å². The second kappa shape index (κ2) is 9.36. The number of thiophene rings is 1. The Labute approximate surface area is 192 Å². The number of carbonyl (C=O) groups excluding carboxylic acids is 1. The lowest BCUT2D eigenvalue weighted by molar-refractivity contribution is 0.0952. The number of nitrogens with zero attached hydrogens (tertiary/aromatic N) is 2. The number of rotatable bonds is 7. The van der Waals surface area contributed by atoms with Crippen LogP contribution in [-0.4, -0.2) is 29.9 Å². The van der Waals surface area contributed by atoms with Gasteiger partial charge in [-0.3, -0.25) is 4.79 Å². The molecule has 4 rings (SSSR count). The summed E-state index contributed by atoms with van der Waals surface area (Å²) < 4.78 is 13.6. The van der Waals surface area contributed by atoms with E-state index < -0.39 is 0 Å². The Morgan fingerprint density at radius 3 is 2.58 bits per heavy atom. The fourth-order valence-corrected chi connectivity index (χ4v) is 4.58. The Kier molecular flexibility index (Phi) is 6.39. The molecule has 0 aliphatic carbocycles. The minimum atomic E-state index is -0.216. The molecule has 0 aliphatic rings. The highest BCUT2D eigenvalue weighted by atomic mass is 79.9. The zero-order valence-electron chi connectivity index (χ0n) is 17.0. The van der Waals surface area contributed by atoms with Crippen molar-refractivity contribution >= 4 is 33.2 Å². The maximum atomic E-state index is 13.2. The molecule has 0 saturated carbocycles. The van der Waals surface area contributed by atoms with Gasteiger partial charge in [0.15, 0.2) is 0 Å². The largest absolute Gasteiger partial charge is 0.497 e. The SMILES string of the molecule is COc1ccc(OC)c(-c2nn(-c3ccccc3)cc2C(=O)NCc2ccc(Br)s2)c1. The molecule has 0 bridgehead atoms. The molecular weight excluding hydrogens is 478 g/mol. The number of ether oxygens (including phenoxy) is 2. The quantitative estimate of drug-likeness (QED) is 0.375. The van der Waals surface area contributed by atoms with Gasteiger partial charge in [0.25, 0.3) is 5.91 Å². The lowest BCUT2D eigenvalue weighted by Gasteiger charge is -2.10. The molecule has 0 spiro atoms. The number of halogens is 1. The molecule has 1 amide bonds. The van der Waals surface area contributed by atoms with E-state index in [2.05, 4.69) is 21.2 Å². The highest BCUT2D eigenvalue weighted by Crippen LogP contribution is 2.35. The molecule has 0 radical (unpaired) electrons. The van der Waals surface area contributed by atoms with E-state index in [0.29, 0.717) is 34.9 Å². The summed E-state index contributed by atoms with van der Waals surface area (Å²) in [6, 6.07) is 19.0. The first-order valence-electron chi connectivity index (χ1n) is 9.49. The van der Waals surface area contributed by atoms with Crippen LogP contribution in [0.25, 0.3) is 16.9 Å². The van der Waals surface area contributed by atoms with E-state index in [9.17, 15) is 4.79 Å². The number of nitrogens with one attached hydrogen (secondary N) is 1. The lowest BCUT2D eigenvalue weighted by Crippen LogP contribution is -2.22. The number of carbonyl (C=O) groups is 1. The van der Waals surface area contributed by atoms with Crippen LogP contribution in [0.4, 0.5) is 0 Å². The Morgan fingerprint density at radius 2 is 1.90 bits per heavy atom. The number of hydrogen-bond donors (Lipinski definition) is 1. The minimum absolute atomic E-state index is 0.216. The Morgan fingerprint density at radius 1 is 1.10 bits per heavy atom. The summed E-state index contributed by atoms with van der Waals surface area (Å²) in [6.07, 6.45) is 1.74. The molecule has 0 fully saturated rings. The van der Waals surface area contributed by atoms with E-state index >= 15 is 0 Å². The van der Waals surface area contributed by atoms with E-state index in [0.717, 1.165) is 14.4 Å². The van der Waals surface area contributed by atoms with E-state index in [1.54, 1.807) is 42.5 Å². The smallest absolute Gasteiger partial charge is 0.255 e. The molecule has 0 aliphatic heterocycles. The Balaban J connectivity index is 1.76. The van der Waals surface area contributed by atoms with Crippen molar-refractivity contribution in [2.45, 2.75) is 6.54 Å². The zero-order valence-corrected chi connectivity index (χ0v) is 19.4. The average molecular weight is 498 g/mol. The van der Waals surface area contributed by atoms with Gasteiger partial charge in [-0.1, -0.05) is 18.2 Å². The van der Waals surface area contributed by atoms with E-state index in [4.69, 9.17) is 14.6 Å². The van der Waals surface area contributed by atoms with Gasteiger partial charge in [0, 0.05) is 16.6 Å². The van der Waals surface area contributed by atoms with E-state index in [-0.39, 0.29) is 5.91 Å². The molecule has 1 N–H and O–H groups in total. The third-order valence-corrected chi connectivity index (χ3v) is 6.32. The second-order valence-electron chi connectivity index (χ2n) is 6.63. The molecule has 0 saturated heterocycles. The summed E-state index contributed by atoms with van der Waals surface area (Å²) >= 11 is 5.03. The van der Waals surface area contributed by atoms with Crippen molar-refractivity contribution in [2.75, 3.05) is 14.2 Å². The molecular formula is C23H20BrN3O3S. The molecule has 6 nitrogen and oxygen atoms in total. The highest BCUT2D eigenvalue weighted by Gasteiger charge is 2.22. The molecule has 0 atom stereocenters. The average Bonchev–Trinajstić information content (AvgIpc) is 3.44. The van der Waals surface area contributed by atoms with Crippen LogP contribution in [0.1, 0.15) is 15.2 Å². The molecule has 0 unspecified atom stereocenters. The first kappa shape index (κ1) is 21.1. The molecule has 2 aromatic carbocycles. The molecule has 2 aromatic heterocycles. The molecule has 158 valence electrons. The van der Waals surface area contributed by atoms with Crippen molar-refractivity contribution in [3.63, 3.8) is 0 Å². The van der Waals surface area contributed by atoms with E-state index in [1.165, 1.54) is 0 Å². The monoisotopic (exact) mass is 497 g/mol. The number of para-hydroxylation sites is 1. The predicted molar refractivity (Wildman–Crippen MR) is 125 cm³/mol. The molecule has 8 heteroatoms. The Bertz CT molecular complexity index is 1200. The maximum Gasteiger partial charge on any atom is 0.255 e. The van der Waals surface area contributed by atoms with Gasteiger partial charge in [-0.05, 0) is 58.4 Å². The third-order valence-electron chi connectivity index (χ3n) is 4.69. The van der Waals surface area contributed by atoms with Crippen molar-refractivity contribution in [2.24, 2.45) is 0 Å². The van der Waals surface area contributed by atoms with Gasteiger partial charge >= 0.3 is 0 Å². The van der Waals surface area contributed by atoms with Crippen molar-refractivity contribution in [1.29, 1.82) is 0 Å². The first-order valence-corrected chi connectivity index (χ1v) is 11.1. The van der Waals surface area contributed by atoms with Gasteiger partial charge in [0.2, 0.25) is 0 Å². The number of benzene rings is 2. The molecule has 31 heavy (non-hydrogen) atoms. The summed E-state index contributed by atoms with van der Waals surface area (Å²) in [5.41, 5.74) is 2.50. The van der Waals surface area contributed by atoms with Crippen LogP contribution in [0.5, 0.6) is 11.5 Å². The third kappa shape index (κ3) is 4.65. The van der Waals surface area contributed by atoms with Gasteiger partial charge in [0.1, 0.15) is 17.2 Å². The summed E-state index contributed by atoms with van der Waals surface area (Å²) in [5, 5.41) is 7.73. The Hall–Kier alpha value is -3.10. The fourth-order valence-electron chi connectivity index (χ4n) is 3.16. The first-order chi connectivity index (χ1) is 15.1. The van der Waals surface area contributed by atoms with Gasteiger partial charge in [-0.15, -0.1) is 11.3 Å². The lowest BCUT2D eigenvalue weighted by atomic mass is 10.1. The van der Waals surface area contributed by atoms with Crippen molar-refractivity contribution in [3.8, 4) is 28.4 Å². The standard InChI is InChI=1S/C23H20BrN3O3S/c1-29-16-8-10-20(30-2)18(12-16)22-19(14-27(26-22)15-6-4-3-5-7-15)23(28)25-13-17-9-11-21(24)31-17/h3-12,14H,13H2,1-2H3,(H,25,28).